The number of halogens is 2. The van der Waals surface area contributed by atoms with Crippen molar-refractivity contribution in [2.75, 3.05) is 25.4 Å². The second kappa shape index (κ2) is 11.6. The Kier molecular flexibility index (Phi) is 8.36. The molecule has 0 bridgehead atoms. The summed E-state index contributed by atoms with van der Waals surface area (Å²) in [6.07, 6.45) is 1.61. The van der Waals surface area contributed by atoms with E-state index in [2.05, 4.69) is 26.4 Å². The van der Waals surface area contributed by atoms with Gasteiger partial charge in [-0.2, -0.15) is 16.7 Å². The van der Waals surface area contributed by atoms with E-state index < -0.39 is 0 Å². The van der Waals surface area contributed by atoms with Gasteiger partial charge >= 0.3 is 0 Å². The number of nitrogens with one attached hydrogen (secondary N) is 1. The van der Waals surface area contributed by atoms with Crippen LogP contribution in [0.4, 0.5) is 4.39 Å². The number of thioether (sulfide) groups is 1. The fourth-order valence-electron chi connectivity index (χ4n) is 3.79. The van der Waals surface area contributed by atoms with Gasteiger partial charge in [-0.15, -0.1) is 0 Å². The lowest BCUT2D eigenvalue weighted by Gasteiger charge is -2.30. The third-order valence-electron chi connectivity index (χ3n) is 5.59. The van der Waals surface area contributed by atoms with Crippen molar-refractivity contribution in [2.45, 2.75) is 25.1 Å². The number of nitrogens with zero attached hydrogens (tertiary/aromatic N) is 3. The first kappa shape index (κ1) is 23.7. The molecule has 174 valence electrons. The summed E-state index contributed by atoms with van der Waals surface area (Å²) in [7, 11) is 0. The molecule has 33 heavy (non-hydrogen) atoms. The van der Waals surface area contributed by atoms with Crippen molar-refractivity contribution < 1.29 is 13.7 Å². The van der Waals surface area contributed by atoms with Gasteiger partial charge in [0.1, 0.15) is 5.82 Å². The van der Waals surface area contributed by atoms with Crippen molar-refractivity contribution in [1.29, 1.82) is 0 Å². The fraction of sp³-hybridized carbons (Fsp3) is 0.375. The Labute approximate surface area is 201 Å². The van der Waals surface area contributed by atoms with Gasteiger partial charge in [0.25, 0.3) is 0 Å². The number of carbonyl (C=O) groups is 1. The molecule has 1 aliphatic rings. The van der Waals surface area contributed by atoms with Crippen molar-refractivity contribution in [1.82, 2.24) is 20.4 Å². The first-order valence-electron chi connectivity index (χ1n) is 11.0. The summed E-state index contributed by atoms with van der Waals surface area (Å²) in [5.74, 6) is 2.59. The third-order valence-corrected chi connectivity index (χ3v) is 6.86. The number of carbonyl (C=O) groups excluding carboxylic acids is 1. The predicted molar refractivity (Wildman–Crippen MR) is 128 cm³/mol. The molecule has 4 rings (SSSR count). The molecule has 1 aromatic heterocycles. The number of likely N-dealkylation sites (tertiary alicyclic amines) is 1. The van der Waals surface area contributed by atoms with Crippen LogP contribution in [0.1, 0.15) is 24.3 Å². The summed E-state index contributed by atoms with van der Waals surface area (Å²) in [4.78, 5) is 19.1. The maximum absolute atomic E-state index is 13.1. The number of aromatic nitrogens is 2. The van der Waals surface area contributed by atoms with E-state index in [0.29, 0.717) is 30.4 Å². The van der Waals surface area contributed by atoms with Crippen LogP contribution < -0.4 is 5.32 Å². The van der Waals surface area contributed by atoms with Crippen LogP contribution in [0.2, 0.25) is 5.02 Å². The van der Waals surface area contributed by atoms with Crippen LogP contribution in [0.3, 0.4) is 0 Å². The number of rotatable bonds is 9. The van der Waals surface area contributed by atoms with Crippen LogP contribution in [0, 0.1) is 11.7 Å². The van der Waals surface area contributed by atoms with Crippen molar-refractivity contribution >= 4 is 29.3 Å². The highest BCUT2D eigenvalue weighted by molar-refractivity contribution is 7.98. The molecule has 6 nitrogen and oxygen atoms in total. The molecule has 0 saturated carbocycles. The molecule has 0 atom stereocenters. The molecular weight excluding hydrogens is 463 g/mol. The van der Waals surface area contributed by atoms with Gasteiger partial charge in [-0.3, -0.25) is 9.69 Å². The second-order valence-corrected chi connectivity index (χ2v) is 9.58. The van der Waals surface area contributed by atoms with Crippen LogP contribution in [-0.2, 0) is 17.1 Å². The third kappa shape index (κ3) is 7.03. The highest BCUT2D eigenvalue weighted by Crippen LogP contribution is 2.21. The molecule has 3 aromatic rings. The largest absolute Gasteiger partial charge is 0.355 e. The summed E-state index contributed by atoms with van der Waals surface area (Å²) in [6, 6.07) is 13.9. The van der Waals surface area contributed by atoms with E-state index in [0.717, 1.165) is 42.5 Å². The highest BCUT2D eigenvalue weighted by atomic mass is 35.5. The number of piperidine rings is 1. The zero-order chi connectivity index (χ0) is 23.0. The first-order valence-corrected chi connectivity index (χ1v) is 12.5. The number of hydrogen-bond acceptors (Lipinski definition) is 6. The van der Waals surface area contributed by atoms with Crippen LogP contribution in [0.5, 0.6) is 0 Å². The van der Waals surface area contributed by atoms with E-state index in [1.54, 1.807) is 23.9 Å². The summed E-state index contributed by atoms with van der Waals surface area (Å²) in [5, 5.41) is 7.81. The van der Waals surface area contributed by atoms with E-state index in [4.69, 9.17) is 16.1 Å². The maximum atomic E-state index is 13.1. The molecule has 0 aliphatic carbocycles. The number of amides is 1. The van der Waals surface area contributed by atoms with E-state index in [1.807, 2.05) is 18.2 Å². The first-order chi connectivity index (χ1) is 16.1. The predicted octanol–water partition coefficient (Wildman–Crippen LogP) is 4.79. The molecule has 0 radical (unpaired) electrons. The standard InChI is InChI=1S/C24H26ClFN4O2S/c25-20-3-1-2-17(14-20)16-33-13-10-27-24(31)19-8-11-30(12-9-19)15-22-28-23(29-32-22)18-4-6-21(26)7-5-18/h1-7,14,19H,8-13,15-16H2,(H,27,31). The zero-order valence-corrected chi connectivity index (χ0v) is 19.7. The summed E-state index contributed by atoms with van der Waals surface area (Å²) >= 11 is 7.79. The van der Waals surface area contributed by atoms with Crippen molar-refractivity contribution in [3.05, 3.63) is 70.8 Å². The second-order valence-electron chi connectivity index (χ2n) is 8.04. The maximum Gasteiger partial charge on any atom is 0.241 e. The molecule has 0 unspecified atom stereocenters. The molecular formula is C24H26ClFN4O2S. The molecule has 1 amide bonds. The average molecular weight is 489 g/mol. The molecule has 9 heteroatoms. The average Bonchev–Trinajstić information content (AvgIpc) is 3.28. The lowest BCUT2D eigenvalue weighted by molar-refractivity contribution is -0.126. The Morgan fingerprint density at radius 1 is 1.21 bits per heavy atom. The molecule has 1 fully saturated rings. The monoisotopic (exact) mass is 488 g/mol. The minimum Gasteiger partial charge on any atom is -0.355 e. The molecule has 1 saturated heterocycles. The van der Waals surface area contributed by atoms with Crippen LogP contribution in [0.25, 0.3) is 11.4 Å². The Morgan fingerprint density at radius 2 is 2.00 bits per heavy atom. The van der Waals surface area contributed by atoms with E-state index in [9.17, 15) is 9.18 Å². The van der Waals surface area contributed by atoms with Crippen LogP contribution in [0.15, 0.2) is 53.1 Å². The van der Waals surface area contributed by atoms with Gasteiger partial charge in [-0.1, -0.05) is 28.9 Å². The zero-order valence-electron chi connectivity index (χ0n) is 18.2. The minimum absolute atomic E-state index is 0.0386. The normalized spacial score (nSPS) is 15.0. The Hall–Kier alpha value is -2.42. The van der Waals surface area contributed by atoms with Crippen LogP contribution in [-0.4, -0.2) is 46.3 Å². The number of benzene rings is 2. The topological polar surface area (TPSA) is 71.3 Å². The Bertz CT molecular complexity index is 1050. The van der Waals surface area contributed by atoms with Crippen molar-refractivity contribution in [2.24, 2.45) is 5.92 Å². The van der Waals surface area contributed by atoms with Crippen molar-refractivity contribution in [3.8, 4) is 11.4 Å². The molecule has 2 aromatic carbocycles. The molecule has 2 heterocycles. The quantitative estimate of drug-likeness (QED) is 0.437. The number of hydrogen-bond donors (Lipinski definition) is 1. The Morgan fingerprint density at radius 3 is 2.76 bits per heavy atom. The van der Waals surface area contributed by atoms with Crippen molar-refractivity contribution in [3.63, 3.8) is 0 Å². The minimum atomic E-state index is -0.300. The summed E-state index contributed by atoms with van der Waals surface area (Å²) in [5.41, 5.74) is 1.91. The van der Waals surface area contributed by atoms with Gasteiger partial charge in [-0.25, -0.2) is 4.39 Å². The summed E-state index contributed by atoms with van der Waals surface area (Å²) in [6.45, 7) is 2.81. The fourth-order valence-corrected chi connectivity index (χ4v) is 4.81. The van der Waals surface area contributed by atoms with Gasteiger partial charge < -0.3 is 9.84 Å². The van der Waals surface area contributed by atoms with Crippen LogP contribution >= 0.6 is 23.4 Å². The smallest absolute Gasteiger partial charge is 0.241 e. The SMILES string of the molecule is O=C(NCCSCc1cccc(Cl)c1)C1CCN(Cc2nc(-c3ccc(F)cc3)no2)CC1. The van der Waals surface area contributed by atoms with Gasteiger partial charge in [-0.05, 0) is 67.9 Å². The Balaban J connectivity index is 1.14. The van der Waals surface area contributed by atoms with E-state index in [1.165, 1.54) is 17.7 Å². The molecule has 1 N–H and O–H groups in total. The van der Waals surface area contributed by atoms with Gasteiger partial charge in [0.15, 0.2) is 0 Å². The molecule has 1 aliphatic heterocycles. The van der Waals surface area contributed by atoms with E-state index >= 15 is 0 Å². The lowest BCUT2D eigenvalue weighted by atomic mass is 9.96. The van der Waals surface area contributed by atoms with Gasteiger partial charge in [0, 0.05) is 34.6 Å². The van der Waals surface area contributed by atoms with Gasteiger partial charge in [0.2, 0.25) is 17.6 Å². The summed E-state index contributed by atoms with van der Waals surface area (Å²) < 4.78 is 18.4. The molecule has 0 spiro atoms. The highest BCUT2D eigenvalue weighted by Gasteiger charge is 2.25. The lowest BCUT2D eigenvalue weighted by Crippen LogP contribution is -2.40. The van der Waals surface area contributed by atoms with Gasteiger partial charge in [0.05, 0.1) is 6.54 Å². The van der Waals surface area contributed by atoms with E-state index in [-0.39, 0.29) is 17.6 Å².